The third-order valence-electron chi connectivity index (χ3n) is 4.68. The first-order valence-electron chi connectivity index (χ1n) is 8.68. The molecule has 1 nitrogen and oxygen atoms in total. The number of benzene rings is 1. The second-order valence-electron chi connectivity index (χ2n) is 6.41. The van der Waals surface area contributed by atoms with E-state index in [2.05, 4.69) is 43.4 Å². The van der Waals surface area contributed by atoms with Crippen molar-refractivity contribution in [3.8, 4) is 0 Å². The van der Waals surface area contributed by atoms with Gasteiger partial charge in [0.1, 0.15) is 0 Å². The highest BCUT2D eigenvalue weighted by Crippen LogP contribution is 2.29. The van der Waals surface area contributed by atoms with Crippen molar-refractivity contribution in [2.45, 2.75) is 77.7 Å². The lowest BCUT2D eigenvalue weighted by atomic mass is 9.95. The van der Waals surface area contributed by atoms with Crippen molar-refractivity contribution < 1.29 is 0 Å². The van der Waals surface area contributed by atoms with Gasteiger partial charge in [-0.1, -0.05) is 64.2 Å². The van der Waals surface area contributed by atoms with E-state index in [9.17, 15) is 0 Å². The Balaban J connectivity index is 1.93. The van der Waals surface area contributed by atoms with Gasteiger partial charge in [0.25, 0.3) is 0 Å². The van der Waals surface area contributed by atoms with Crippen molar-refractivity contribution in [1.82, 2.24) is 0 Å². The van der Waals surface area contributed by atoms with E-state index in [4.69, 9.17) is 0 Å². The summed E-state index contributed by atoms with van der Waals surface area (Å²) in [6.45, 7) is 4.58. The maximum atomic E-state index is 3.84. The summed E-state index contributed by atoms with van der Waals surface area (Å²) in [7, 11) is 0. The fraction of sp³-hybridized carbons (Fsp3) is 0.684. The topological polar surface area (TPSA) is 12.0 Å². The molecule has 1 saturated carbocycles. The molecule has 0 bridgehead atoms. The SMILES string of the molecule is CCCc1ccccc1NC1CCCC(CCC)CC1. The number of nitrogens with one attached hydrogen (secondary N) is 1. The van der Waals surface area contributed by atoms with Crippen LogP contribution in [-0.4, -0.2) is 6.04 Å². The molecule has 1 fully saturated rings. The van der Waals surface area contributed by atoms with Crippen LogP contribution in [0, 0.1) is 5.92 Å². The van der Waals surface area contributed by atoms with Crippen LogP contribution in [-0.2, 0) is 6.42 Å². The number of para-hydroxylation sites is 1. The highest BCUT2D eigenvalue weighted by molar-refractivity contribution is 5.51. The highest BCUT2D eigenvalue weighted by atomic mass is 14.9. The molecule has 1 N–H and O–H groups in total. The average Bonchev–Trinajstić information content (AvgIpc) is 2.68. The molecule has 1 aromatic rings. The van der Waals surface area contributed by atoms with Crippen LogP contribution in [0.1, 0.15) is 70.8 Å². The van der Waals surface area contributed by atoms with Gasteiger partial charge in [0.15, 0.2) is 0 Å². The molecular formula is C19H31N. The van der Waals surface area contributed by atoms with E-state index in [-0.39, 0.29) is 0 Å². The zero-order chi connectivity index (χ0) is 14.2. The summed E-state index contributed by atoms with van der Waals surface area (Å²) < 4.78 is 0. The molecule has 2 atom stereocenters. The number of aryl methyl sites for hydroxylation is 1. The van der Waals surface area contributed by atoms with Crippen molar-refractivity contribution in [3.05, 3.63) is 29.8 Å². The second kappa shape index (κ2) is 8.34. The van der Waals surface area contributed by atoms with E-state index in [1.54, 1.807) is 0 Å². The van der Waals surface area contributed by atoms with Gasteiger partial charge in [0.05, 0.1) is 0 Å². The van der Waals surface area contributed by atoms with Crippen LogP contribution in [0.2, 0.25) is 0 Å². The standard InChI is InChI=1S/C19H31N/c1-3-8-16-10-7-12-18(15-14-16)20-19-13-6-5-11-17(19)9-4-2/h5-6,11,13,16,18,20H,3-4,7-10,12,14-15H2,1-2H3. The molecule has 0 aliphatic heterocycles. The van der Waals surface area contributed by atoms with Gasteiger partial charge in [-0.25, -0.2) is 0 Å². The van der Waals surface area contributed by atoms with Gasteiger partial charge in [0.2, 0.25) is 0 Å². The fourth-order valence-electron chi connectivity index (χ4n) is 3.59. The first-order chi connectivity index (χ1) is 9.83. The lowest BCUT2D eigenvalue weighted by Crippen LogP contribution is -2.19. The number of hydrogen-bond acceptors (Lipinski definition) is 1. The summed E-state index contributed by atoms with van der Waals surface area (Å²) in [4.78, 5) is 0. The summed E-state index contributed by atoms with van der Waals surface area (Å²) in [6.07, 6.45) is 12.2. The summed E-state index contributed by atoms with van der Waals surface area (Å²) in [5.74, 6) is 0.984. The van der Waals surface area contributed by atoms with Gasteiger partial charge >= 0.3 is 0 Å². The summed E-state index contributed by atoms with van der Waals surface area (Å²) in [6, 6.07) is 9.57. The van der Waals surface area contributed by atoms with E-state index >= 15 is 0 Å². The molecule has 0 amide bonds. The minimum atomic E-state index is 0.690. The molecule has 0 spiro atoms. The Morgan fingerprint density at radius 1 is 1.00 bits per heavy atom. The molecule has 112 valence electrons. The third kappa shape index (κ3) is 4.54. The average molecular weight is 273 g/mol. The molecule has 1 aliphatic rings. The maximum absolute atomic E-state index is 3.84. The predicted molar refractivity (Wildman–Crippen MR) is 89.3 cm³/mol. The molecule has 2 unspecified atom stereocenters. The Bertz CT molecular complexity index is 385. The van der Waals surface area contributed by atoms with Gasteiger partial charge in [0, 0.05) is 11.7 Å². The Morgan fingerprint density at radius 2 is 1.85 bits per heavy atom. The zero-order valence-electron chi connectivity index (χ0n) is 13.3. The second-order valence-corrected chi connectivity index (χ2v) is 6.41. The van der Waals surface area contributed by atoms with E-state index < -0.39 is 0 Å². The molecule has 1 heteroatoms. The van der Waals surface area contributed by atoms with Gasteiger partial charge in [-0.05, 0) is 43.2 Å². The first-order valence-corrected chi connectivity index (χ1v) is 8.68. The summed E-state index contributed by atoms with van der Waals surface area (Å²) in [5.41, 5.74) is 2.87. The smallest absolute Gasteiger partial charge is 0.0374 e. The Morgan fingerprint density at radius 3 is 2.65 bits per heavy atom. The van der Waals surface area contributed by atoms with E-state index in [1.165, 1.54) is 69.0 Å². The molecule has 1 aromatic carbocycles. The Kier molecular flexibility index (Phi) is 6.42. The third-order valence-corrected chi connectivity index (χ3v) is 4.68. The van der Waals surface area contributed by atoms with Crippen LogP contribution >= 0.6 is 0 Å². The fourth-order valence-corrected chi connectivity index (χ4v) is 3.59. The lowest BCUT2D eigenvalue weighted by molar-refractivity contribution is 0.422. The van der Waals surface area contributed by atoms with E-state index in [1.807, 2.05) is 0 Å². The normalized spacial score (nSPS) is 23.3. The minimum absolute atomic E-state index is 0.690. The lowest BCUT2D eigenvalue weighted by Gasteiger charge is -2.20. The van der Waals surface area contributed by atoms with Crippen molar-refractivity contribution in [2.24, 2.45) is 5.92 Å². The predicted octanol–water partition coefficient (Wildman–Crippen LogP) is 5.80. The number of anilines is 1. The summed E-state index contributed by atoms with van der Waals surface area (Å²) >= 11 is 0. The Labute approximate surface area is 125 Å². The zero-order valence-corrected chi connectivity index (χ0v) is 13.3. The number of rotatable bonds is 6. The molecule has 2 rings (SSSR count). The van der Waals surface area contributed by atoms with Crippen LogP contribution in [0.4, 0.5) is 5.69 Å². The molecule has 0 aromatic heterocycles. The van der Waals surface area contributed by atoms with E-state index in [0.717, 1.165) is 5.92 Å². The van der Waals surface area contributed by atoms with Crippen molar-refractivity contribution in [2.75, 3.05) is 5.32 Å². The van der Waals surface area contributed by atoms with Crippen molar-refractivity contribution in [3.63, 3.8) is 0 Å². The van der Waals surface area contributed by atoms with Crippen LogP contribution in [0.25, 0.3) is 0 Å². The van der Waals surface area contributed by atoms with Crippen LogP contribution in [0.5, 0.6) is 0 Å². The van der Waals surface area contributed by atoms with Crippen molar-refractivity contribution in [1.29, 1.82) is 0 Å². The van der Waals surface area contributed by atoms with E-state index in [0.29, 0.717) is 6.04 Å². The first kappa shape index (κ1) is 15.4. The number of hydrogen-bond donors (Lipinski definition) is 1. The Hall–Kier alpha value is -0.980. The molecule has 0 radical (unpaired) electrons. The quantitative estimate of drug-likeness (QED) is 0.646. The largest absolute Gasteiger partial charge is 0.382 e. The van der Waals surface area contributed by atoms with Gasteiger partial charge in [-0.15, -0.1) is 0 Å². The molecule has 1 aliphatic carbocycles. The highest BCUT2D eigenvalue weighted by Gasteiger charge is 2.18. The monoisotopic (exact) mass is 273 g/mol. The van der Waals surface area contributed by atoms with Crippen molar-refractivity contribution >= 4 is 5.69 Å². The maximum Gasteiger partial charge on any atom is 0.0374 e. The minimum Gasteiger partial charge on any atom is -0.382 e. The van der Waals surface area contributed by atoms with Gasteiger partial charge in [-0.3, -0.25) is 0 Å². The van der Waals surface area contributed by atoms with Gasteiger partial charge in [-0.2, -0.15) is 0 Å². The van der Waals surface area contributed by atoms with Crippen LogP contribution in [0.15, 0.2) is 24.3 Å². The molecule has 20 heavy (non-hydrogen) atoms. The van der Waals surface area contributed by atoms with Crippen LogP contribution in [0.3, 0.4) is 0 Å². The van der Waals surface area contributed by atoms with Gasteiger partial charge < -0.3 is 5.32 Å². The molecular weight excluding hydrogens is 242 g/mol. The molecule has 0 heterocycles. The molecule has 0 saturated heterocycles. The summed E-state index contributed by atoms with van der Waals surface area (Å²) in [5, 5.41) is 3.84. The van der Waals surface area contributed by atoms with Crippen LogP contribution < -0.4 is 5.32 Å².